The van der Waals surface area contributed by atoms with Crippen LogP contribution in [-0.2, 0) is 26.7 Å². The predicted molar refractivity (Wildman–Crippen MR) is 146 cm³/mol. The molecule has 1 amide bonds. The van der Waals surface area contributed by atoms with Crippen molar-refractivity contribution in [1.29, 1.82) is 0 Å². The van der Waals surface area contributed by atoms with E-state index in [1.165, 1.54) is 42.7 Å². The van der Waals surface area contributed by atoms with Gasteiger partial charge < -0.3 is 15.4 Å². The van der Waals surface area contributed by atoms with Gasteiger partial charge in [-0.15, -0.1) is 11.3 Å². The summed E-state index contributed by atoms with van der Waals surface area (Å²) in [5.41, 5.74) is 0.940. The molecule has 8 nitrogen and oxygen atoms in total. The summed E-state index contributed by atoms with van der Waals surface area (Å²) in [5, 5.41) is 6.94. The maximum Gasteiger partial charge on any atom is 0.341 e. The standard InChI is InChI=1S/C27H37N3O5S2/c1-7-18-10-8-9-15-30(18)37(33,34)19-13-11-17(12-14-19)23(31)28-24-21(25(32)35-6)20-16-26(2,3)29-27(4,5)22(20)36-24/h11-14,18,29H,7-10,15-16H2,1-6H3,(H,28,31). The minimum absolute atomic E-state index is 0.00653. The molecule has 0 saturated carbocycles. The lowest BCUT2D eigenvalue weighted by molar-refractivity contribution is 0.0600. The van der Waals surface area contributed by atoms with Gasteiger partial charge in [-0.1, -0.05) is 13.3 Å². The molecule has 0 radical (unpaired) electrons. The number of ether oxygens (including phenoxy) is 1. The number of carbonyl (C=O) groups excluding carboxylic acids is 2. The molecule has 3 heterocycles. The third-order valence-electron chi connectivity index (χ3n) is 7.23. The van der Waals surface area contributed by atoms with E-state index in [0.717, 1.165) is 36.1 Å². The van der Waals surface area contributed by atoms with Gasteiger partial charge in [-0.3, -0.25) is 4.79 Å². The average Bonchev–Trinajstić information content (AvgIpc) is 3.20. The first-order chi connectivity index (χ1) is 17.3. The lowest BCUT2D eigenvalue weighted by atomic mass is 9.81. The molecule has 2 aliphatic rings. The Hall–Kier alpha value is -2.27. The van der Waals surface area contributed by atoms with Crippen molar-refractivity contribution >= 4 is 38.2 Å². The van der Waals surface area contributed by atoms with E-state index in [9.17, 15) is 18.0 Å². The summed E-state index contributed by atoms with van der Waals surface area (Å²) < 4.78 is 33.2. The van der Waals surface area contributed by atoms with Crippen LogP contribution in [0, 0.1) is 0 Å². The highest BCUT2D eigenvalue weighted by Crippen LogP contribution is 2.45. The zero-order valence-corrected chi connectivity index (χ0v) is 24.1. The number of methoxy groups -OCH3 is 1. The second-order valence-electron chi connectivity index (χ2n) is 11.1. The minimum Gasteiger partial charge on any atom is -0.465 e. The number of carbonyl (C=O) groups is 2. The van der Waals surface area contributed by atoms with E-state index in [0.29, 0.717) is 29.1 Å². The van der Waals surface area contributed by atoms with Crippen LogP contribution in [0.1, 0.15) is 91.5 Å². The van der Waals surface area contributed by atoms with Crippen LogP contribution in [0.25, 0.3) is 0 Å². The molecule has 1 atom stereocenters. The van der Waals surface area contributed by atoms with E-state index in [1.54, 1.807) is 4.31 Å². The van der Waals surface area contributed by atoms with E-state index in [1.807, 2.05) is 6.92 Å². The molecular formula is C27H37N3O5S2. The van der Waals surface area contributed by atoms with Gasteiger partial charge in [0.2, 0.25) is 10.0 Å². The van der Waals surface area contributed by atoms with Gasteiger partial charge in [0.15, 0.2) is 0 Å². The molecule has 2 aliphatic heterocycles. The molecule has 0 spiro atoms. The van der Waals surface area contributed by atoms with Crippen molar-refractivity contribution in [1.82, 2.24) is 9.62 Å². The second kappa shape index (κ2) is 10.1. The topological polar surface area (TPSA) is 105 Å². The molecule has 1 fully saturated rings. The number of rotatable bonds is 6. The van der Waals surface area contributed by atoms with Gasteiger partial charge in [0.05, 0.1) is 17.6 Å². The molecule has 37 heavy (non-hydrogen) atoms. The Morgan fingerprint density at radius 3 is 2.46 bits per heavy atom. The van der Waals surface area contributed by atoms with Gasteiger partial charge in [0.25, 0.3) is 5.91 Å². The van der Waals surface area contributed by atoms with Gasteiger partial charge in [-0.05, 0) is 83.2 Å². The smallest absolute Gasteiger partial charge is 0.341 e. The summed E-state index contributed by atoms with van der Waals surface area (Å²) in [4.78, 5) is 27.2. The molecule has 2 N–H and O–H groups in total. The first-order valence-corrected chi connectivity index (χ1v) is 15.0. The Labute approximate surface area is 223 Å². The monoisotopic (exact) mass is 547 g/mol. The number of amides is 1. The van der Waals surface area contributed by atoms with Crippen molar-refractivity contribution in [2.75, 3.05) is 19.0 Å². The number of anilines is 1. The molecule has 1 unspecified atom stereocenters. The Morgan fingerprint density at radius 2 is 1.84 bits per heavy atom. The lowest BCUT2D eigenvalue weighted by Crippen LogP contribution is -2.55. The maximum absolute atomic E-state index is 13.3. The second-order valence-corrected chi connectivity index (χ2v) is 14.0. The van der Waals surface area contributed by atoms with Crippen molar-refractivity contribution in [3.63, 3.8) is 0 Å². The number of nitrogens with one attached hydrogen (secondary N) is 2. The van der Waals surface area contributed by atoms with Crippen LogP contribution < -0.4 is 10.6 Å². The average molecular weight is 548 g/mol. The summed E-state index contributed by atoms with van der Waals surface area (Å²) in [6, 6.07) is 6.02. The van der Waals surface area contributed by atoms with Crippen molar-refractivity contribution in [3.05, 3.63) is 45.8 Å². The molecule has 4 rings (SSSR count). The zero-order chi connectivity index (χ0) is 27.2. The molecule has 10 heteroatoms. The molecule has 1 saturated heterocycles. The van der Waals surface area contributed by atoms with Crippen molar-refractivity contribution in [2.24, 2.45) is 0 Å². The Balaban J connectivity index is 1.62. The van der Waals surface area contributed by atoms with Gasteiger partial charge in [-0.25, -0.2) is 13.2 Å². The number of thiophene rings is 1. The van der Waals surface area contributed by atoms with Crippen LogP contribution in [0.15, 0.2) is 29.2 Å². The minimum atomic E-state index is -3.64. The number of hydrogen-bond acceptors (Lipinski definition) is 7. The predicted octanol–water partition coefficient (Wildman–Crippen LogP) is 4.90. The molecular weight excluding hydrogens is 510 g/mol. The summed E-state index contributed by atoms with van der Waals surface area (Å²) in [7, 11) is -2.30. The molecule has 1 aromatic carbocycles. The summed E-state index contributed by atoms with van der Waals surface area (Å²) in [5.74, 6) is -0.906. The molecule has 0 aliphatic carbocycles. The SMILES string of the molecule is CCC1CCCCN1S(=O)(=O)c1ccc(C(=O)Nc2sc3c(c2C(=O)OC)CC(C)(C)NC3(C)C)cc1. The van der Waals surface area contributed by atoms with Crippen LogP contribution in [0.2, 0.25) is 0 Å². The fraction of sp³-hybridized carbons (Fsp3) is 0.556. The van der Waals surface area contributed by atoms with Gasteiger partial charge >= 0.3 is 5.97 Å². The van der Waals surface area contributed by atoms with Crippen LogP contribution in [0.3, 0.4) is 0 Å². The summed E-state index contributed by atoms with van der Waals surface area (Å²) >= 11 is 1.37. The van der Waals surface area contributed by atoms with Crippen LogP contribution in [0.5, 0.6) is 0 Å². The van der Waals surface area contributed by atoms with Crippen LogP contribution >= 0.6 is 11.3 Å². The Morgan fingerprint density at radius 1 is 1.16 bits per heavy atom. The van der Waals surface area contributed by atoms with Crippen molar-refractivity contribution in [2.45, 2.75) is 88.7 Å². The highest BCUT2D eigenvalue weighted by atomic mass is 32.2. The number of benzene rings is 1. The number of sulfonamides is 1. The number of hydrogen-bond donors (Lipinski definition) is 2. The quantitative estimate of drug-likeness (QED) is 0.499. The number of esters is 1. The van der Waals surface area contributed by atoms with Gasteiger partial charge in [-0.2, -0.15) is 4.31 Å². The Bertz CT molecular complexity index is 1300. The third-order valence-corrected chi connectivity index (χ3v) is 10.7. The van der Waals surface area contributed by atoms with E-state index < -0.39 is 27.4 Å². The number of nitrogens with zero attached hydrogens (tertiary/aromatic N) is 1. The van der Waals surface area contributed by atoms with Crippen LogP contribution in [-0.4, -0.2) is 49.8 Å². The largest absolute Gasteiger partial charge is 0.465 e. The van der Waals surface area contributed by atoms with Gasteiger partial charge in [0, 0.05) is 34.1 Å². The number of piperidine rings is 1. The highest BCUT2D eigenvalue weighted by Gasteiger charge is 2.42. The molecule has 1 aromatic heterocycles. The third kappa shape index (κ3) is 5.34. The molecule has 202 valence electrons. The fourth-order valence-electron chi connectivity index (χ4n) is 5.72. The van der Waals surface area contributed by atoms with E-state index in [4.69, 9.17) is 4.74 Å². The Kier molecular flexibility index (Phi) is 7.60. The normalized spacial score (nSPS) is 21.2. The lowest BCUT2D eigenvalue weighted by Gasteiger charge is -2.42. The van der Waals surface area contributed by atoms with Crippen LogP contribution in [0.4, 0.5) is 5.00 Å². The summed E-state index contributed by atoms with van der Waals surface area (Å²) in [6.07, 6.45) is 4.15. The van der Waals surface area contributed by atoms with Gasteiger partial charge in [0.1, 0.15) is 5.00 Å². The summed E-state index contributed by atoms with van der Waals surface area (Å²) in [6.45, 7) is 10.8. The van der Waals surface area contributed by atoms with E-state index >= 15 is 0 Å². The van der Waals surface area contributed by atoms with Crippen molar-refractivity contribution in [3.8, 4) is 0 Å². The first kappa shape index (κ1) is 27.8. The fourth-order valence-corrected chi connectivity index (χ4v) is 8.75. The highest BCUT2D eigenvalue weighted by molar-refractivity contribution is 7.89. The molecule has 2 aromatic rings. The van der Waals surface area contributed by atoms with Crippen molar-refractivity contribution < 1.29 is 22.7 Å². The molecule has 0 bridgehead atoms. The number of fused-ring (bicyclic) bond motifs is 1. The van der Waals surface area contributed by atoms with E-state index in [-0.39, 0.29) is 16.5 Å². The first-order valence-electron chi connectivity index (χ1n) is 12.8. The maximum atomic E-state index is 13.3. The zero-order valence-electron chi connectivity index (χ0n) is 22.4. The van der Waals surface area contributed by atoms with E-state index in [2.05, 4.69) is 38.3 Å².